The number of benzene rings is 2. The first-order chi connectivity index (χ1) is 10.2. The normalized spacial score (nSPS) is 10.7. The number of nitrogen functional groups attached to an aromatic ring is 1. The molecule has 5 heteroatoms. The van der Waals surface area contributed by atoms with Gasteiger partial charge in [-0.1, -0.05) is 53.8 Å². The third kappa shape index (κ3) is 2.48. The Hall–Kier alpha value is -2.40. The van der Waals surface area contributed by atoms with Gasteiger partial charge in [0.15, 0.2) is 10.8 Å². The van der Waals surface area contributed by atoms with Crippen molar-refractivity contribution in [2.24, 2.45) is 0 Å². The van der Waals surface area contributed by atoms with Crippen molar-refractivity contribution in [3.05, 3.63) is 48.2 Å². The topological polar surface area (TPSA) is 65.2 Å². The lowest BCUT2D eigenvalue weighted by atomic mass is 10.0. The van der Waals surface area contributed by atoms with E-state index in [9.17, 15) is 4.79 Å². The first-order valence-electron chi connectivity index (χ1n) is 6.62. The van der Waals surface area contributed by atoms with Crippen molar-refractivity contribution in [2.45, 2.75) is 6.92 Å². The maximum absolute atomic E-state index is 12.1. The Balaban J connectivity index is 2.21. The van der Waals surface area contributed by atoms with E-state index in [0.717, 1.165) is 21.2 Å². The van der Waals surface area contributed by atoms with E-state index in [-0.39, 0.29) is 5.69 Å². The number of hydrogen-bond donors (Lipinski definition) is 1. The number of thiazole rings is 1. The zero-order valence-corrected chi connectivity index (χ0v) is 12.3. The van der Waals surface area contributed by atoms with E-state index in [1.165, 1.54) is 11.3 Å². The van der Waals surface area contributed by atoms with Crippen LogP contribution in [-0.4, -0.2) is 17.6 Å². The third-order valence-corrected chi connectivity index (χ3v) is 4.06. The minimum Gasteiger partial charge on any atom is -0.461 e. The second kappa shape index (κ2) is 5.54. The monoisotopic (exact) mass is 298 g/mol. The number of hydrogen-bond acceptors (Lipinski definition) is 5. The van der Waals surface area contributed by atoms with Gasteiger partial charge in [-0.15, -0.1) is 0 Å². The van der Waals surface area contributed by atoms with Crippen LogP contribution in [0, 0.1) is 0 Å². The van der Waals surface area contributed by atoms with Crippen LogP contribution in [0.4, 0.5) is 5.13 Å². The lowest BCUT2D eigenvalue weighted by molar-refractivity contribution is 0.0521. The summed E-state index contributed by atoms with van der Waals surface area (Å²) in [4.78, 5) is 16.9. The number of anilines is 1. The number of nitrogens with zero attached hydrogens (tertiary/aromatic N) is 1. The van der Waals surface area contributed by atoms with Crippen LogP contribution >= 0.6 is 11.3 Å². The highest BCUT2D eigenvalue weighted by molar-refractivity contribution is 7.19. The van der Waals surface area contributed by atoms with Crippen LogP contribution in [0.25, 0.3) is 21.2 Å². The molecule has 0 unspecified atom stereocenters. The summed E-state index contributed by atoms with van der Waals surface area (Å²) in [7, 11) is 0. The summed E-state index contributed by atoms with van der Waals surface area (Å²) in [6, 6.07) is 14.0. The van der Waals surface area contributed by atoms with Crippen LogP contribution in [0.15, 0.2) is 42.5 Å². The lowest BCUT2D eigenvalue weighted by Crippen LogP contribution is -2.06. The molecule has 3 aromatic rings. The summed E-state index contributed by atoms with van der Waals surface area (Å²) in [6.45, 7) is 2.08. The Labute approximate surface area is 126 Å². The van der Waals surface area contributed by atoms with Crippen molar-refractivity contribution in [2.75, 3.05) is 12.3 Å². The zero-order valence-electron chi connectivity index (χ0n) is 11.5. The van der Waals surface area contributed by atoms with Gasteiger partial charge in [0, 0.05) is 5.56 Å². The molecule has 0 amide bonds. The standard InChI is InChI=1S/C16H14N2O2S/c1-2-20-15(19)13-14(21-16(17)18-13)12-9-5-7-10-6-3-4-8-11(10)12/h3-9H,2H2,1H3,(H2,17,18). The summed E-state index contributed by atoms with van der Waals surface area (Å²) in [5.41, 5.74) is 7.03. The molecule has 0 radical (unpaired) electrons. The van der Waals surface area contributed by atoms with Gasteiger partial charge in [-0.3, -0.25) is 0 Å². The van der Waals surface area contributed by atoms with Crippen LogP contribution in [0.5, 0.6) is 0 Å². The molecule has 4 nitrogen and oxygen atoms in total. The number of nitrogens with two attached hydrogens (primary N) is 1. The number of ether oxygens (including phenoxy) is 1. The highest BCUT2D eigenvalue weighted by atomic mass is 32.1. The van der Waals surface area contributed by atoms with Crippen molar-refractivity contribution in [1.82, 2.24) is 4.98 Å². The highest BCUT2D eigenvalue weighted by Gasteiger charge is 2.20. The molecule has 0 saturated carbocycles. The van der Waals surface area contributed by atoms with Gasteiger partial charge in [-0.25, -0.2) is 9.78 Å². The number of rotatable bonds is 3. The molecule has 1 aromatic heterocycles. The summed E-state index contributed by atoms with van der Waals surface area (Å²) in [5.74, 6) is -0.437. The molecular formula is C16H14N2O2S. The molecular weight excluding hydrogens is 284 g/mol. The van der Waals surface area contributed by atoms with E-state index >= 15 is 0 Å². The summed E-state index contributed by atoms with van der Waals surface area (Å²) >= 11 is 1.30. The minimum absolute atomic E-state index is 0.288. The molecule has 106 valence electrons. The van der Waals surface area contributed by atoms with Crippen LogP contribution in [0.3, 0.4) is 0 Å². The number of carbonyl (C=O) groups is 1. The maximum Gasteiger partial charge on any atom is 0.358 e. The molecule has 0 spiro atoms. The van der Waals surface area contributed by atoms with Crippen molar-refractivity contribution in [1.29, 1.82) is 0 Å². The van der Waals surface area contributed by atoms with E-state index in [4.69, 9.17) is 10.5 Å². The third-order valence-electron chi connectivity index (χ3n) is 3.15. The van der Waals surface area contributed by atoms with E-state index < -0.39 is 5.97 Å². The van der Waals surface area contributed by atoms with Gasteiger partial charge in [0.2, 0.25) is 0 Å². The molecule has 0 saturated heterocycles. The Morgan fingerprint density at radius 2 is 2.00 bits per heavy atom. The zero-order chi connectivity index (χ0) is 14.8. The maximum atomic E-state index is 12.1. The van der Waals surface area contributed by atoms with Gasteiger partial charge >= 0.3 is 5.97 Å². The molecule has 0 aliphatic heterocycles. The van der Waals surface area contributed by atoms with Crippen molar-refractivity contribution in [3.8, 4) is 10.4 Å². The summed E-state index contributed by atoms with van der Waals surface area (Å²) in [6.07, 6.45) is 0. The number of aromatic nitrogens is 1. The van der Waals surface area contributed by atoms with E-state index in [2.05, 4.69) is 4.98 Å². The van der Waals surface area contributed by atoms with Gasteiger partial charge in [0.25, 0.3) is 0 Å². The van der Waals surface area contributed by atoms with Crippen LogP contribution in [0.2, 0.25) is 0 Å². The first-order valence-corrected chi connectivity index (χ1v) is 7.44. The lowest BCUT2D eigenvalue weighted by Gasteiger charge is -2.06. The van der Waals surface area contributed by atoms with Crippen molar-refractivity contribution >= 4 is 33.2 Å². The molecule has 2 aromatic carbocycles. The minimum atomic E-state index is -0.437. The Morgan fingerprint density at radius 3 is 2.81 bits per heavy atom. The van der Waals surface area contributed by atoms with Crippen LogP contribution in [-0.2, 0) is 4.74 Å². The van der Waals surface area contributed by atoms with E-state index in [1.54, 1.807) is 6.92 Å². The molecule has 0 atom stereocenters. The molecule has 3 rings (SSSR count). The molecule has 0 aliphatic carbocycles. The number of carbonyl (C=O) groups excluding carboxylic acids is 1. The Bertz CT molecular complexity index is 806. The predicted molar refractivity (Wildman–Crippen MR) is 85.4 cm³/mol. The number of fused-ring (bicyclic) bond motifs is 1. The van der Waals surface area contributed by atoms with E-state index in [1.807, 2.05) is 42.5 Å². The van der Waals surface area contributed by atoms with Gasteiger partial charge < -0.3 is 10.5 Å². The quantitative estimate of drug-likeness (QED) is 0.748. The fourth-order valence-electron chi connectivity index (χ4n) is 2.28. The molecule has 0 fully saturated rings. The Morgan fingerprint density at radius 1 is 1.24 bits per heavy atom. The highest BCUT2D eigenvalue weighted by Crippen LogP contribution is 2.36. The predicted octanol–water partition coefficient (Wildman–Crippen LogP) is 3.72. The van der Waals surface area contributed by atoms with Gasteiger partial charge in [-0.05, 0) is 17.7 Å². The summed E-state index contributed by atoms with van der Waals surface area (Å²) < 4.78 is 5.07. The SMILES string of the molecule is CCOC(=O)c1nc(N)sc1-c1cccc2ccccc12. The van der Waals surface area contributed by atoms with Gasteiger partial charge in [-0.2, -0.15) is 0 Å². The second-order valence-electron chi connectivity index (χ2n) is 4.48. The second-order valence-corrected chi connectivity index (χ2v) is 5.51. The van der Waals surface area contributed by atoms with E-state index in [0.29, 0.717) is 11.7 Å². The van der Waals surface area contributed by atoms with Gasteiger partial charge in [0.1, 0.15) is 0 Å². The fraction of sp³-hybridized carbons (Fsp3) is 0.125. The van der Waals surface area contributed by atoms with Crippen molar-refractivity contribution < 1.29 is 9.53 Å². The molecule has 0 aliphatic rings. The summed E-state index contributed by atoms with van der Waals surface area (Å²) in [5, 5.41) is 2.53. The average molecular weight is 298 g/mol. The average Bonchev–Trinajstić information content (AvgIpc) is 2.89. The van der Waals surface area contributed by atoms with Crippen LogP contribution in [0.1, 0.15) is 17.4 Å². The molecule has 1 heterocycles. The first kappa shape index (κ1) is 13.6. The molecule has 0 bridgehead atoms. The van der Waals surface area contributed by atoms with Crippen molar-refractivity contribution in [3.63, 3.8) is 0 Å². The fourth-order valence-corrected chi connectivity index (χ4v) is 3.14. The number of esters is 1. The largest absolute Gasteiger partial charge is 0.461 e. The van der Waals surface area contributed by atoms with Gasteiger partial charge in [0.05, 0.1) is 11.5 Å². The smallest absolute Gasteiger partial charge is 0.358 e. The molecule has 21 heavy (non-hydrogen) atoms. The molecule has 2 N–H and O–H groups in total. The van der Waals surface area contributed by atoms with Crippen LogP contribution < -0.4 is 5.73 Å². The Kier molecular flexibility index (Phi) is 3.58.